The van der Waals surface area contributed by atoms with E-state index in [0.29, 0.717) is 30.2 Å². The molecule has 1 spiro atoms. The molecule has 0 unspecified atom stereocenters. The highest BCUT2D eigenvalue weighted by Gasteiger charge is 2.48. The monoisotopic (exact) mass is 579 g/mol. The second kappa shape index (κ2) is 13.2. The highest BCUT2D eigenvalue weighted by molar-refractivity contribution is 5.85. The fourth-order valence-corrected chi connectivity index (χ4v) is 7.88. The number of hydrogen-bond acceptors (Lipinski definition) is 4. The van der Waals surface area contributed by atoms with Gasteiger partial charge in [0.25, 0.3) is 0 Å². The van der Waals surface area contributed by atoms with Crippen molar-refractivity contribution in [3.8, 4) is 5.75 Å². The van der Waals surface area contributed by atoms with Crippen molar-refractivity contribution < 1.29 is 14.3 Å². The predicted molar refractivity (Wildman–Crippen MR) is 164 cm³/mol. The van der Waals surface area contributed by atoms with E-state index >= 15 is 0 Å². The maximum atomic E-state index is 13.6. The van der Waals surface area contributed by atoms with E-state index in [-0.39, 0.29) is 23.7 Å². The largest absolute Gasteiger partial charge is 0.497 e. The van der Waals surface area contributed by atoms with E-state index in [4.69, 9.17) is 4.74 Å². The summed E-state index contributed by atoms with van der Waals surface area (Å²) in [5, 5.41) is 0. The molecule has 0 N–H and O–H groups in total. The molecule has 1 aliphatic carbocycles. The number of rotatable bonds is 7. The predicted octanol–water partition coefficient (Wildman–Crippen LogP) is 5.75. The number of methoxy groups -OCH3 is 1. The Balaban J connectivity index is 0.00000337. The summed E-state index contributed by atoms with van der Waals surface area (Å²) in [6.45, 7) is 6.19. The van der Waals surface area contributed by atoms with E-state index < -0.39 is 0 Å². The van der Waals surface area contributed by atoms with Gasteiger partial charge in [0.2, 0.25) is 11.8 Å². The molecular formula is C34H46ClN3O3. The van der Waals surface area contributed by atoms with E-state index in [1.165, 1.54) is 24.8 Å². The van der Waals surface area contributed by atoms with Gasteiger partial charge in [0.1, 0.15) is 5.75 Å². The Morgan fingerprint density at radius 3 is 2.27 bits per heavy atom. The lowest BCUT2D eigenvalue weighted by Crippen LogP contribution is -2.46. The van der Waals surface area contributed by atoms with E-state index in [0.717, 1.165) is 82.7 Å². The Morgan fingerprint density at radius 1 is 0.902 bits per heavy atom. The number of ether oxygens (including phenoxy) is 1. The van der Waals surface area contributed by atoms with Crippen LogP contribution in [-0.4, -0.2) is 72.9 Å². The van der Waals surface area contributed by atoms with Gasteiger partial charge in [0, 0.05) is 44.6 Å². The molecule has 6 rings (SSSR count). The molecule has 2 aromatic carbocycles. The number of halogens is 1. The third-order valence-electron chi connectivity index (χ3n) is 10.4. The van der Waals surface area contributed by atoms with Crippen LogP contribution in [0.4, 0.5) is 0 Å². The van der Waals surface area contributed by atoms with Gasteiger partial charge in [-0.05, 0) is 74.4 Å². The molecule has 1 saturated carbocycles. The maximum Gasteiger partial charge on any atom is 0.229 e. The van der Waals surface area contributed by atoms with Crippen LogP contribution < -0.4 is 4.74 Å². The zero-order valence-corrected chi connectivity index (χ0v) is 25.3. The molecule has 222 valence electrons. The van der Waals surface area contributed by atoms with Gasteiger partial charge in [-0.1, -0.05) is 61.7 Å². The Labute approximate surface area is 251 Å². The fraction of sp³-hybridized carbons (Fsp3) is 0.588. The number of nitrogens with zero attached hydrogens (tertiary/aromatic N) is 3. The minimum atomic E-state index is -0.194. The van der Waals surface area contributed by atoms with Crippen molar-refractivity contribution in [2.75, 3.05) is 46.4 Å². The Morgan fingerprint density at radius 2 is 1.59 bits per heavy atom. The van der Waals surface area contributed by atoms with E-state index in [2.05, 4.69) is 57.2 Å². The lowest BCUT2D eigenvalue weighted by Gasteiger charge is -2.39. The van der Waals surface area contributed by atoms with Crippen molar-refractivity contribution >= 4 is 24.2 Å². The molecule has 3 heterocycles. The van der Waals surface area contributed by atoms with E-state index in [1.807, 2.05) is 12.1 Å². The van der Waals surface area contributed by atoms with Gasteiger partial charge in [-0.2, -0.15) is 0 Å². The third-order valence-corrected chi connectivity index (χ3v) is 10.4. The number of hydrogen-bond donors (Lipinski definition) is 0. The van der Waals surface area contributed by atoms with Gasteiger partial charge in [0.15, 0.2) is 0 Å². The van der Waals surface area contributed by atoms with E-state index in [9.17, 15) is 9.59 Å². The summed E-state index contributed by atoms with van der Waals surface area (Å²) in [5.41, 5.74) is 2.32. The lowest BCUT2D eigenvalue weighted by atomic mass is 9.76. The average molecular weight is 580 g/mol. The van der Waals surface area contributed by atoms with Crippen LogP contribution in [0.2, 0.25) is 0 Å². The summed E-state index contributed by atoms with van der Waals surface area (Å²) in [6.07, 6.45) is 8.65. The van der Waals surface area contributed by atoms with Gasteiger partial charge in [0.05, 0.1) is 12.5 Å². The third kappa shape index (κ3) is 6.44. The zero-order valence-electron chi connectivity index (χ0n) is 24.5. The number of benzene rings is 2. The molecule has 2 atom stereocenters. The first-order chi connectivity index (χ1) is 19.5. The highest BCUT2D eigenvalue weighted by Crippen LogP contribution is 2.43. The minimum absolute atomic E-state index is 0. The Bertz CT molecular complexity index is 1160. The van der Waals surface area contributed by atoms with Gasteiger partial charge in [-0.3, -0.25) is 9.59 Å². The SMILES string of the molecule is COc1ccc(CN2CCC3(CCN(C[C@H]4CN(C(=O)C5CCCCC5)C[C@@H]4c4ccccc4)CC3)C2=O)cc1.Cl. The molecule has 7 heteroatoms. The highest BCUT2D eigenvalue weighted by atomic mass is 35.5. The van der Waals surface area contributed by atoms with Gasteiger partial charge >= 0.3 is 0 Å². The second-order valence-electron chi connectivity index (χ2n) is 12.8. The molecule has 2 amide bonds. The normalized spacial score (nSPS) is 25.0. The minimum Gasteiger partial charge on any atom is -0.497 e. The van der Waals surface area contributed by atoms with Crippen molar-refractivity contribution in [1.29, 1.82) is 0 Å². The van der Waals surface area contributed by atoms with Crippen molar-refractivity contribution in [3.05, 3.63) is 65.7 Å². The van der Waals surface area contributed by atoms with Crippen LogP contribution >= 0.6 is 12.4 Å². The number of carbonyl (C=O) groups excluding carboxylic acids is 2. The molecule has 41 heavy (non-hydrogen) atoms. The molecule has 0 bridgehead atoms. The van der Waals surface area contributed by atoms with Crippen LogP contribution in [0.3, 0.4) is 0 Å². The van der Waals surface area contributed by atoms with Crippen molar-refractivity contribution in [3.63, 3.8) is 0 Å². The zero-order chi connectivity index (χ0) is 27.5. The smallest absolute Gasteiger partial charge is 0.229 e. The fourth-order valence-electron chi connectivity index (χ4n) is 7.88. The van der Waals surface area contributed by atoms with Crippen molar-refractivity contribution in [2.24, 2.45) is 17.3 Å². The van der Waals surface area contributed by atoms with Gasteiger partial charge < -0.3 is 19.4 Å². The van der Waals surface area contributed by atoms with Gasteiger partial charge in [-0.25, -0.2) is 0 Å². The summed E-state index contributed by atoms with van der Waals surface area (Å²) in [6, 6.07) is 18.9. The maximum absolute atomic E-state index is 13.6. The Kier molecular flexibility index (Phi) is 9.60. The first kappa shape index (κ1) is 29.9. The number of carbonyl (C=O) groups is 2. The van der Waals surface area contributed by atoms with Crippen molar-refractivity contribution in [2.45, 2.75) is 63.8 Å². The number of piperidine rings is 1. The second-order valence-corrected chi connectivity index (χ2v) is 12.8. The molecular weight excluding hydrogens is 534 g/mol. The Hall–Kier alpha value is -2.57. The first-order valence-corrected chi connectivity index (χ1v) is 15.5. The molecule has 2 aromatic rings. The summed E-state index contributed by atoms with van der Waals surface area (Å²) in [7, 11) is 1.68. The molecule has 4 aliphatic rings. The summed E-state index contributed by atoms with van der Waals surface area (Å²) < 4.78 is 5.28. The quantitative estimate of drug-likeness (QED) is 0.419. The van der Waals surface area contributed by atoms with Crippen LogP contribution in [0.1, 0.15) is 68.4 Å². The van der Waals surface area contributed by atoms with Crippen LogP contribution in [-0.2, 0) is 16.1 Å². The average Bonchev–Trinajstić information content (AvgIpc) is 3.56. The molecule has 0 radical (unpaired) electrons. The molecule has 4 fully saturated rings. The van der Waals surface area contributed by atoms with Crippen LogP contribution in [0, 0.1) is 17.3 Å². The summed E-state index contributed by atoms with van der Waals surface area (Å²) in [5.74, 6) is 2.64. The number of amides is 2. The summed E-state index contributed by atoms with van der Waals surface area (Å²) >= 11 is 0. The summed E-state index contributed by atoms with van der Waals surface area (Å²) in [4.78, 5) is 33.9. The van der Waals surface area contributed by atoms with E-state index in [1.54, 1.807) is 7.11 Å². The van der Waals surface area contributed by atoms with Crippen LogP contribution in [0.25, 0.3) is 0 Å². The topological polar surface area (TPSA) is 53.1 Å². The molecule has 3 aliphatic heterocycles. The standard InChI is InChI=1S/C34H45N3O3.ClH/c1-40-30-14-12-26(13-15-30)22-36-21-18-34(33(36)39)16-19-35(20-17-34)23-29-24-37(32(38)28-10-6-3-7-11-28)25-31(29)27-8-4-2-5-9-27;/h2,4-5,8-9,12-15,28-29,31H,3,6-7,10-11,16-25H2,1H3;1H/t29-,31+;/m0./s1. The molecule has 3 saturated heterocycles. The van der Waals surface area contributed by atoms with Crippen LogP contribution in [0.15, 0.2) is 54.6 Å². The first-order valence-electron chi connectivity index (χ1n) is 15.5. The molecule has 6 nitrogen and oxygen atoms in total. The number of likely N-dealkylation sites (tertiary alicyclic amines) is 3. The van der Waals surface area contributed by atoms with Crippen molar-refractivity contribution in [1.82, 2.24) is 14.7 Å². The van der Waals surface area contributed by atoms with Gasteiger partial charge in [-0.15, -0.1) is 12.4 Å². The van der Waals surface area contributed by atoms with Crippen LogP contribution in [0.5, 0.6) is 5.75 Å². The lowest BCUT2D eigenvalue weighted by molar-refractivity contribution is -0.139. The molecule has 0 aromatic heterocycles.